The van der Waals surface area contributed by atoms with Crippen molar-refractivity contribution in [3.63, 3.8) is 0 Å². The van der Waals surface area contributed by atoms with Gasteiger partial charge >= 0.3 is 5.97 Å². The molecule has 1 saturated carbocycles. The molecule has 3 atom stereocenters. The van der Waals surface area contributed by atoms with Gasteiger partial charge in [-0.25, -0.2) is 9.37 Å². The number of hydrogen-bond donors (Lipinski definition) is 1. The third kappa shape index (κ3) is 3.55. The summed E-state index contributed by atoms with van der Waals surface area (Å²) in [5.41, 5.74) is 5.41. The van der Waals surface area contributed by atoms with Crippen LogP contribution in [0.25, 0.3) is 22.5 Å². The molecule has 0 unspecified atom stereocenters. The monoisotopic (exact) mass is 455 g/mol. The zero-order valence-electron chi connectivity index (χ0n) is 18.3. The van der Waals surface area contributed by atoms with Crippen LogP contribution in [0.4, 0.5) is 4.39 Å². The molecule has 0 bridgehead atoms. The lowest BCUT2D eigenvalue weighted by Gasteiger charge is -2.17. The molecule has 2 aliphatic rings. The first-order valence-corrected chi connectivity index (χ1v) is 11.4. The lowest BCUT2D eigenvalue weighted by Crippen LogP contribution is -2.06. The summed E-state index contributed by atoms with van der Waals surface area (Å²) in [6.45, 7) is 0. The predicted molar refractivity (Wildman–Crippen MR) is 124 cm³/mol. The molecule has 0 radical (unpaired) electrons. The van der Waals surface area contributed by atoms with E-state index < -0.39 is 5.97 Å². The lowest BCUT2D eigenvalue weighted by molar-refractivity contribution is -0.138. The minimum absolute atomic E-state index is 0.0724. The minimum Gasteiger partial charge on any atom is -0.486 e. The molecule has 1 N–H and O–H groups in total. The van der Waals surface area contributed by atoms with Gasteiger partial charge in [0, 0.05) is 11.1 Å². The Morgan fingerprint density at radius 3 is 2.53 bits per heavy atom. The number of carbonyl (C=O) groups is 1. The molecule has 0 amide bonds. The van der Waals surface area contributed by atoms with Crippen molar-refractivity contribution in [3.05, 3.63) is 95.8 Å². The van der Waals surface area contributed by atoms with Crippen molar-refractivity contribution < 1.29 is 23.4 Å². The van der Waals surface area contributed by atoms with E-state index in [2.05, 4.69) is 4.98 Å². The summed E-state index contributed by atoms with van der Waals surface area (Å²) in [6, 6.07) is 18.8. The second kappa shape index (κ2) is 8.13. The Morgan fingerprint density at radius 1 is 1.03 bits per heavy atom. The fourth-order valence-electron chi connectivity index (χ4n) is 5.12. The minimum atomic E-state index is -0.746. The fourth-order valence-corrected chi connectivity index (χ4v) is 5.12. The third-order valence-corrected chi connectivity index (χ3v) is 6.89. The van der Waals surface area contributed by atoms with Crippen LogP contribution in [0, 0.1) is 11.7 Å². The van der Waals surface area contributed by atoms with Gasteiger partial charge in [-0.15, -0.1) is 0 Å². The molecule has 1 aromatic heterocycles. The Hall–Kier alpha value is -3.93. The molecule has 170 valence electrons. The van der Waals surface area contributed by atoms with Crippen molar-refractivity contribution in [2.45, 2.75) is 31.3 Å². The predicted octanol–water partition coefficient (Wildman–Crippen LogP) is 6.40. The number of ether oxygens (including phenoxy) is 1. The third-order valence-electron chi connectivity index (χ3n) is 6.89. The highest BCUT2D eigenvalue weighted by molar-refractivity contribution is 5.83. The molecule has 1 heterocycles. The van der Waals surface area contributed by atoms with E-state index >= 15 is 4.39 Å². The molecule has 34 heavy (non-hydrogen) atoms. The molecular weight excluding hydrogens is 433 g/mol. The summed E-state index contributed by atoms with van der Waals surface area (Å²) < 4.78 is 26.8. The van der Waals surface area contributed by atoms with Crippen molar-refractivity contribution in [1.29, 1.82) is 0 Å². The van der Waals surface area contributed by atoms with Gasteiger partial charge < -0.3 is 14.3 Å². The van der Waals surface area contributed by atoms with Crippen LogP contribution in [-0.2, 0) is 11.2 Å². The Balaban J connectivity index is 1.29. The van der Waals surface area contributed by atoms with Crippen molar-refractivity contribution in [3.8, 4) is 28.2 Å². The lowest BCUT2D eigenvalue weighted by atomic mass is 9.92. The number of aliphatic carboxylic acids is 1. The molecule has 6 rings (SSSR count). The van der Waals surface area contributed by atoms with Crippen LogP contribution in [0.2, 0.25) is 0 Å². The molecule has 6 heteroatoms. The number of nitrogens with zero attached hydrogens (tertiary/aromatic N) is 1. The number of benzene rings is 3. The van der Waals surface area contributed by atoms with Gasteiger partial charge in [0.15, 0.2) is 12.2 Å². The molecule has 0 aliphatic heterocycles. The Morgan fingerprint density at radius 2 is 1.82 bits per heavy atom. The van der Waals surface area contributed by atoms with E-state index in [4.69, 9.17) is 14.3 Å². The largest absolute Gasteiger partial charge is 0.486 e. The molecule has 1 fully saturated rings. The van der Waals surface area contributed by atoms with Gasteiger partial charge in [0.2, 0.25) is 0 Å². The maximum absolute atomic E-state index is 15.0. The summed E-state index contributed by atoms with van der Waals surface area (Å²) in [5.74, 6) is 0.0896. The number of oxazole rings is 1. The number of carboxylic acid groups (broad SMARTS) is 1. The standard InChI is InChI=1S/C28H22FNO4/c29-24-11-9-19(18-3-1-2-4-20(18)26-14-30-15-33-26)21-10-12-25(27(21)24)34-17-7-5-16(6-8-17)22-13-23(22)28(31)32/h1-9,11,14-15,22-23,25H,10,12-13H2,(H,31,32)/t22-,23+,25-/m1/s1. The Bertz CT molecular complexity index is 1360. The van der Waals surface area contributed by atoms with Gasteiger partial charge in [-0.05, 0) is 65.6 Å². The molecule has 0 saturated heterocycles. The van der Waals surface area contributed by atoms with E-state index in [0.717, 1.165) is 27.8 Å². The SMILES string of the molecule is O=C(O)[C@H]1C[C@@H]1c1ccc(O[C@@H]2CCc3c(-c4ccccc4-c4cnco4)ccc(F)c32)cc1. The fraction of sp³-hybridized carbons (Fsp3) is 0.214. The van der Waals surface area contributed by atoms with E-state index in [1.54, 1.807) is 6.20 Å². The maximum Gasteiger partial charge on any atom is 0.307 e. The number of hydrogen-bond acceptors (Lipinski definition) is 4. The quantitative estimate of drug-likeness (QED) is 0.364. The summed E-state index contributed by atoms with van der Waals surface area (Å²) in [4.78, 5) is 15.2. The van der Waals surface area contributed by atoms with Crippen LogP contribution in [-0.4, -0.2) is 16.1 Å². The molecule has 4 aromatic rings. The van der Waals surface area contributed by atoms with Crippen molar-refractivity contribution >= 4 is 5.97 Å². The van der Waals surface area contributed by atoms with Gasteiger partial charge in [0.1, 0.15) is 17.7 Å². The summed E-state index contributed by atoms with van der Waals surface area (Å²) in [7, 11) is 0. The van der Waals surface area contributed by atoms with Crippen LogP contribution in [0.1, 0.15) is 41.6 Å². The van der Waals surface area contributed by atoms with Crippen LogP contribution in [0.3, 0.4) is 0 Å². The summed E-state index contributed by atoms with van der Waals surface area (Å²) >= 11 is 0. The average Bonchev–Trinajstić information content (AvgIpc) is 3.26. The van der Waals surface area contributed by atoms with E-state index in [0.29, 0.717) is 36.3 Å². The number of fused-ring (bicyclic) bond motifs is 1. The Labute approximate surface area is 195 Å². The molecule has 5 nitrogen and oxygen atoms in total. The zero-order valence-corrected chi connectivity index (χ0v) is 18.3. The van der Waals surface area contributed by atoms with Gasteiger partial charge in [0.05, 0.1) is 12.1 Å². The van der Waals surface area contributed by atoms with Crippen molar-refractivity contribution in [1.82, 2.24) is 4.98 Å². The van der Waals surface area contributed by atoms with Crippen LogP contribution < -0.4 is 4.74 Å². The van der Waals surface area contributed by atoms with Crippen molar-refractivity contribution in [2.75, 3.05) is 0 Å². The van der Waals surface area contributed by atoms with Crippen LogP contribution >= 0.6 is 0 Å². The maximum atomic E-state index is 15.0. The van der Waals surface area contributed by atoms with E-state index in [1.165, 1.54) is 12.5 Å². The summed E-state index contributed by atoms with van der Waals surface area (Å²) in [5, 5.41) is 9.16. The zero-order chi connectivity index (χ0) is 23.2. The first kappa shape index (κ1) is 20.7. The van der Waals surface area contributed by atoms with E-state index in [1.807, 2.05) is 54.6 Å². The van der Waals surface area contributed by atoms with Gasteiger partial charge in [-0.1, -0.05) is 42.5 Å². The second-order valence-electron chi connectivity index (χ2n) is 8.90. The van der Waals surface area contributed by atoms with Crippen LogP contribution in [0.15, 0.2) is 77.7 Å². The molecular formula is C28H22FNO4. The first-order valence-electron chi connectivity index (χ1n) is 11.4. The topological polar surface area (TPSA) is 72.6 Å². The number of carboxylic acids is 1. The molecule has 0 spiro atoms. The second-order valence-corrected chi connectivity index (χ2v) is 8.90. The summed E-state index contributed by atoms with van der Waals surface area (Å²) in [6.07, 6.45) is 4.76. The highest BCUT2D eigenvalue weighted by atomic mass is 19.1. The molecule has 3 aromatic carbocycles. The highest BCUT2D eigenvalue weighted by Crippen LogP contribution is 2.48. The Kier molecular flexibility index (Phi) is 4.94. The van der Waals surface area contributed by atoms with E-state index in [-0.39, 0.29) is 23.8 Å². The van der Waals surface area contributed by atoms with Gasteiger partial charge in [-0.2, -0.15) is 0 Å². The number of rotatable bonds is 6. The number of aromatic nitrogens is 1. The van der Waals surface area contributed by atoms with Gasteiger partial charge in [-0.3, -0.25) is 4.79 Å². The van der Waals surface area contributed by atoms with Crippen LogP contribution in [0.5, 0.6) is 5.75 Å². The smallest absolute Gasteiger partial charge is 0.307 e. The first-order chi connectivity index (χ1) is 16.6. The van der Waals surface area contributed by atoms with Gasteiger partial charge in [0.25, 0.3) is 0 Å². The van der Waals surface area contributed by atoms with Crippen molar-refractivity contribution in [2.24, 2.45) is 5.92 Å². The normalized spacial score (nSPS) is 20.7. The number of halogens is 1. The highest BCUT2D eigenvalue weighted by Gasteiger charge is 2.44. The molecule has 2 aliphatic carbocycles. The average molecular weight is 455 g/mol. The van der Waals surface area contributed by atoms with E-state index in [9.17, 15) is 4.79 Å².